The summed E-state index contributed by atoms with van der Waals surface area (Å²) in [5, 5.41) is 12.6. The smallest absolute Gasteiger partial charge is 0.410 e. The third kappa shape index (κ3) is 4.14. The van der Waals surface area contributed by atoms with Crippen LogP contribution in [0.4, 0.5) is 9.18 Å². The van der Waals surface area contributed by atoms with Gasteiger partial charge in [-0.3, -0.25) is 9.69 Å². The molecular weight excluding hydrogens is 405 g/mol. The van der Waals surface area contributed by atoms with Crippen LogP contribution in [0.3, 0.4) is 0 Å². The molecular formula is C22H26FN3O5. The van der Waals surface area contributed by atoms with Crippen LogP contribution in [0.25, 0.3) is 10.9 Å². The number of hydrogen-bond acceptors (Lipinski definition) is 5. The van der Waals surface area contributed by atoms with Gasteiger partial charge in [-0.1, -0.05) is 0 Å². The fourth-order valence-electron chi connectivity index (χ4n) is 3.97. The number of aromatic carboxylic acids is 1. The van der Waals surface area contributed by atoms with Crippen molar-refractivity contribution < 1.29 is 23.8 Å². The molecule has 1 unspecified atom stereocenters. The molecule has 1 atom stereocenters. The largest absolute Gasteiger partial charge is 0.477 e. The van der Waals surface area contributed by atoms with E-state index in [0.29, 0.717) is 25.2 Å². The molecule has 1 saturated carbocycles. The van der Waals surface area contributed by atoms with Crippen molar-refractivity contribution in [2.45, 2.75) is 51.3 Å². The predicted octanol–water partition coefficient (Wildman–Crippen LogP) is 3.06. The second-order valence-corrected chi connectivity index (χ2v) is 9.10. The van der Waals surface area contributed by atoms with Gasteiger partial charge in [0.15, 0.2) is 0 Å². The minimum Gasteiger partial charge on any atom is -0.477 e. The fraction of sp³-hybridized carbons (Fsp3) is 0.500. The summed E-state index contributed by atoms with van der Waals surface area (Å²) >= 11 is 0. The lowest BCUT2D eigenvalue weighted by atomic mass is 9.99. The SMILES string of the molecule is CC(C)(C)OC(=O)N1CCNCC1c1cc2c(cc1F)c(=O)c(C(=O)O)cn2C1CC1. The van der Waals surface area contributed by atoms with Crippen molar-refractivity contribution in [3.8, 4) is 0 Å². The molecule has 0 radical (unpaired) electrons. The molecule has 2 aromatic rings. The Hall–Kier alpha value is -2.94. The molecule has 0 spiro atoms. The number of fused-ring (bicyclic) bond motifs is 1. The topological polar surface area (TPSA) is 101 Å². The van der Waals surface area contributed by atoms with Gasteiger partial charge in [-0.25, -0.2) is 14.0 Å². The van der Waals surface area contributed by atoms with Gasteiger partial charge >= 0.3 is 12.1 Å². The summed E-state index contributed by atoms with van der Waals surface area (Å²) in [7, 11) is 0. The molecule has 2 N–H and O–H groups in total. The molecule has 1 aromatic carbocycles. The predicted molar refractivity (Wildman–Crippen MR) is 112 cm³/mol. The first kappa shape index (κ1) is 21.3. The Morgan fingerprint density at radius 3 is 2.58 bits per heavy atom. The van der Waals surface area contributed by atoms with E-state index in [0.717, 1.165) is 18.9 Å². The highest BCUT2D eigenvalue weighted by molar-refractivity contribution is 5.93. The summed E-state index contributed by atoms with van der Waals surface area (Å²) in [5.41, 5.74) is -1.03. The van der Waals surface area contributed by atoms with Crippen LogP contribution in [0.5, 0.6) is 0 Å². The lowest BCUT2D eigenvalue weighted by molar-refractivity contribution is 0.0114. The summed E-state index contributed by atoms with van der Waals surface area (Å²) in [4.78, 5) is 38.5. The number of rotatable bonds is 3. The number of pyridine rings is 1. The maximum absolute atomic E-state index is 15.2. The highest BCUT2D eigenvalue weighted by Gasteiger charge is 2.34. The van der Waals surface area contributed by atoms with E-state index in [4.69, 9.17) is 4.74 Å². The highest BCUT2D eigenvalue weighted by atomic mass is 19.1. The summed E-state index contributed by atoms with van der Waals surface area (Å²) in [5.74, 6) is -1.99. The number of nitrogens with zero attached hydrogens (tertiary/aromatic N) is 2. The van der Waals surface area contributed by atoms with E-state index < -0.39 is 35.0 Å². The third-order valence-electron chi connectivity index (χ3n) is 5.55. The average Bonchev–Trinajstić information content (AvgIpc) is 3.52. The van der Waals surface area contributed by atoms with Crippen molar-refractivity contribution in [3.63, 3.8) is 0 Å². The number of halogens is 1. The van der Waals surface area contributed by atoms with Crippen LogP contribution in [-0.2, 0) is 4.74 Å². The zero-order valence-corrected chi connectivity index (χ0v) is 17.8. The summed E-state index contributed by atoms with van der Waals surface area (Å²) in [6, 6.07) is 2.13. The third-order valence-corrected chi connectivity index (χ3v) is 5.55. The lowest BCUT2D eigenvalue weighted by Gasteiger charge is -2.37. The van der Waals surface area contributed by atoms with E-state index in [1.54, 1.807) is 31.4 Å². The van der Waals surface area contributed by atoms with Gasteiger partial charge in [0.2, 0.25) is 5.43 Å². The Balaban J connectivity index is 1.83. The first-order valence-electron chi connectivity index (χ1n) is 10.4. The number of benzene rings is 1. The van der Waals surface area contributed by atoms with Crippen LogP contribution < -0.4 is 10.7 Å². The van der Waals surface area contributed by atoms with E-state index in [9.17, 15) is 19.5 Å². The molecule has 4 rings (SSSR count). The fourth-order valence-corrected chi connectivity index (χ4v) is 3.97. The minimum absolute atomic E-state index is 0.0284. The lowest BCUT2D eigenvalue weighted by Crippen LogP contribution is -2.50. The highest BCUT2D eigenvalue weighted by Crippen LogP contribution is 2.38. The van der Waals surface area contributed by atoms with Gasteiger partial charge in [-0.15, -0.1) is 0 Å². The zero-order valence-electron chi connectivity index (χ0n) is 17.8. The molecule has 1 aromatic heterocycles. The van der Waals surface area contributed by atoms with E-state index in [2.05, 4.69) is 5.32 Å². The second-order valence-electron chi connectivity index (χ2n) is 9.10. The maximum atomic E-state index is 15.2. The van der Waals surface area contributed by atoms with Crippen molar-refractivity contribution in [1.82, 2.24) is 14.8 Å². The first-order chi connectivity index (χ1) is 14.6. The van der Waals surface area contributed by atoms with Crippen molar-refractivity contribution in [2.24, 2.45) is 0 Å². The van der Waals surface area contributed by atoms with E-state index in [1.165, 1.54) is 11.1 Å². The van der Waals surface area contributed by atoms with Gasteiger partial charge in [-0.2, -0.15) is 0 Å². The number of aromatic nitrogens is 1. The van der Waals surface area contributed by atoms with E-state index in [-0.39, 0.29) is 22.6 Å². The Bertz CT molecular complexity index is 1120. The van der Waals surface area contributed by atoms with Crippen LogP contribution >= 0.6 is 0 Å². The van der Waals surface area contributed by atoms with E-state index in [1.807, 2.05) is 0 Å². The number of carboxylic acid groups (broad SMARTS) is 1. The van der Waals surface area contributed by atoms with Gasteiger partial charge in [0.05, 0.1) is 11.6 Å². The average molecular weight is 431 g/mol. The molecule has 31 heavy (non-hydrogen) atoms. The molecule has 2 heterocycles. The summed E-state index contributed by atoms with van der Waals surface area (Å²) in [6.45, 7) is 6.56. The van der Waals surface area contributed by atoms with Gasteiger partial charge in [-0.05, 0) is 45.7 Å². The Labute approximate surface area is 178 Å². The Kier molecular flexibility index (Phi) is 5.25. The Morgan fingerprint density at radius 2 is 1.97 bits per heavy atom. The van der Waals surface area contributed by atoms with Crippen molar-refractivity contribution in [1.29, 1.82) is 0 Å². The molecule has 2 fully saturated rings. The molecule has 2 aliphatic rings. The number of carbonyl (C=O) groups is 2. The standard InChI is InChI=1S/C22H26FN3O5/c1-22(2,3)31-21(30)25-7-6-24-10-18(25)13-9-17-14(8-16(13)23)19(27)15(20(28)29)11-26(17)12-4-5-12/h8-9,11-12,18,24H,4-7,10H2,1-3H3,(H,28,29). The molecule has 1 saturated heterocycles. The van der Waals surface area contributed by atoms with Gasteiger partial charge in [0, 0.05) is 42.8 Å². The maximum Gasteiger partial charge on any atom is 0.410 e. The Morgan fingerprint density at radius 1 is 1.26 bits per heavy atom. The number of carbonyl (C=O) groups excluding carboxylic acids is 1. The minimum atomic E-state index is -1.33. The van der Waals surface area contributed by atoms with Crippen LogP contribution in [0.2, 0.25) is 0 Å². The van der Waals surface area contributed by atoms with Crippen LogP contribution in [0, 0.1) is 5.82 Å². The van der Waals surface area contributed by atoms with E-state index >= 15 is 4.39 Å². The second kappa shape index (κ2) is 7.64. The molecule has 1 aliphatic carbocycles. The quantitative estimate of drug-likeness (QED) is 0.775. The zero-order chi connectivity index (χ0) is 22.5. The van der Waals surface area contributed by atoms with Crippen LogP contribution in [0.15, 0.2) is 23.1 Å². The van der Waals surface area contributed by atoms with Crippen LogP contribution in [-0.4, -0.2) is 51.9 Å². The van der Waals surface area contributed by atoms with Gasteiger partial charge in [0.1, 0.15) is 17.0 Å². The number of piperazine rings is 1. The number of amides is 1. The number of hydrogen-bond donors (Lipinski definition) is 2. The van der Waals surface area contributed by atoms with Crippen molar-refractivity contribution >= 4 is 23.0 Å². The van der Waals surface area contributed by atoms with Gasteiger partial charge in [0.25, 0.3) is 0 Å². The summed E-state index contributed by atoms with van der Waals surface area (Å²) in [6.07, 6.45) is 2.54. The molecule has 8 nitrogen and oxygen atoms in total. The summed E-state index contributed by atoms with van der Waals surface area (Å²) < 4.78 is 22.5. The normalized spacial score (nSPS) is 19.5. The molecule has 1 aliphatic heterocycles. The molecule has 9 heteroatoms. The van der Waals surface area contributed by atoms with Crippen LogP contribution in [0.1, 0.15) is 61.6 Å². The molecule has 1 amide bonds. The number of carboxylic acids is 1. The first-order valence-corrected chi connectivity index (χ1v) is 10.4. The number of nitrogens with one attached hydrogen (secondary N) is 1. The van der Waals surface area contributed by atoms with Crippen molar-refractivity contribution in [3.05, 3.63) is 45.5 Å². The monoisotopic (exact) mass is 431 g/mol. The van der Waals surface area contributed by atoms with Gasteiger partial charge < -0.3 is 19.7 Å². The molecule has 0 bridgehead atoms. The van der Waals surface area contributed by atoms with Crippen molar-refractivity contribution in [2.75, 3.05) is 19.6 Å². The number of ether oxygens (including phenoxy) is 1. The molecule has 166 valence electrons.